The van der Waals surface area contributed by atoms with Crippen molar-refractivity contribution in [3.8, 4) is 0 Å². The highest BCUT2D eigenvalue weighted by Crippen LogP contribution is 2.25. The van der Waals surface area contributed by atoms with Gasteiger partial charge in [-0.2, -0.15) is 0 Å². The van der Waals surface area contributed by atoms with Crippen LogP contribution in [0.3, 0.4) is 0 Å². The monoisotopic (exact) mass is 309 g/mol. The molecule has 0 fully saturated rings. The lowest BCUT2D eigenvalue weighted by Crippen LogP contribution is -2.31. The Morgan fingerprint density at radius 1 is 1.05 bits per heavy atom. The number of hydrogen-bond donors (Lipinski definition) is 2. The highest BCUT2D eigenvalue weighted by molar-refractivity contribution is 6.42. The molecule has 2 atom stereocenters. The first-order chi connectivity index (χ1) is 9.59. The van der Waals surface area contributed by atoms with Crippen molar-refractivity contribution < 1.29 is 5.11 Å². The molecule has 106 valence electrons. The van der Waals surface area contributed by atoms with E-state index in [0.29, 0.717) is 16.6 Å². The van der Waals surface area contributed by atoms with E-state index in [4.69, 9.17) is 23.2 Å². The minimum absolute atomic E-state index is 0.0903. The van der Waals surface area contributed by atoms with Crippen molar-refractivity contribution in [3.63, 3.8) is 0 Å². The Balaban J connectivity index is 1.98. The summed E-state index contributed by atoms with van der Waals surface area (Å²) in [5.74, 6) is 0. The summed E-state index contributed by atoms with van der Waals surface area (Å²) >= 11 is 12.1. The summed E-state index contributed by atoms with van der Waals surface area (Å²) in [6.07, 6.45) is -0.561. The van der Waals surface area contributed by atoms with Crippen molar-refractivity contribution >= 4 is 23.2 Å². The van der Waals surface area contributed by atoms with E-state index in [2.05, 4.69) is 5.32 Å². The van der Waals surface area contributed by atoms with Crippen LogP contribution in [0.25, 0.3) is 0 Å². The predicted molar refractivity (Wildman–Crippen MR) is 84.2 cm³/mol. The molecule has 0 aliphatic heterocycles. The molecule has 2 aromatic carbocycles. The van der Waals surface area contributed by atoms with Crippen molar-refractivity contribution in [1.82, 2.24) is 5.32 Å². The van der Waals surface area contributed by atoms with Crippen LogP contribution < -0.4 is 5.32 Å². The Morgan fingerprint density at radius 3 is 2.45 bits per heavy atom. The van der Waals surface area contributed by atoms with Gasteiger partial charge in [-0.15, -0.1) is 0 Å². The van der Waals surface area contributed by atoms with Gasteiger partial charge < -0.3 is 10.4 Å². The average molecular weight is 310 g/mol. The lowest BCUT2D eigenvalue weighted by Gasteiger charge is -2.21. The van der Waals surface area contributed by atoms with Gasteiger partial charge in [0.15, 0.2) is 0 Å². The maximum absolute atomic E-state index is 10.3. The largest absolute Gasteiger partial charge is 0.387 e. The van der Waals surface area contributed by atoms with E-state index < -0.39 is 6.10 Å². The number of aliphatic hydroxyl groups excluding tert-OH is 1. The molecular weight excluding hydrogens is 293 g/mol. The fourth-order valence-electron chi connectivity index (χ4n) is 2.01. The summed E-state index contributed by atoms with van der Waals surface area (Å²) in [6, 6.07) is 15.0. The predicted octanol–water partition coefficient (Wildman–Crippen LogP) is 4.21. The summed E-state index contributed by atoms with van der Waals surface area (Å²) in [5, 5.41) is 14.6. The molecule has 2 aromatic rings. The first-order valence-electron chi connectivity index (χ1n) is 6.49. The van der Waals surface area contributed by atoms with E-state index in [0.717, 1.165) is 11.1 Å². The number of halogens is 2. The van der Waals surface area contributed by atoms with Crippen LogP contribution in [0.4, 0.5) is 0 Å². The van der Waals surface area contributed by atoms with E-state index in [1.165, 1.54) is 0 Å². The number of aliphatic hydroxyl groups is 1. The number of hydrogen-bond acceptors (Lipinski definition) is 2. The molecule has 0 aromatic heterocycles. The van der Waals surface area contributed by atoms with E-state index >= 15 is 0 Å². The Hall–Kier alpha value is -1.06. The second-order valence-corrected chi connectivity index (χ2v) is 5.52. The third-order valence-corrected chi connectivity index (χ3v) is 4.12. The van der Waals surface area contributed by atoms with Crippen molar-refractivity contribution in [1.29, 1.82) is 0 Å². The summed E-state index contributed by atoms with van der Waals surface area (Å²) in [5.41, 5.74) is 1.82. The van der Waals surface area contributed by atoms with Crippen LogP contribution in [-0.2, 0) is 6.54 Å². The van der Waals surface area contributed by atoms with Crippen molar-refractivity contribution in [2.75, 3.05) is 0 Å². The average Bonchev–Trinajstić information content (AvgIpc) is 2.48. The fourth-order valence-corrected chi connectivity index (χ4v) is 2.39. The molecule has 2 nitrogen and oxygen atoms in total. The fraction of sp³-hybridized carbons (Fsp3) is 0.250. The minimum Gasteiger partial charge on any atom is -0.387 e. The molecule has 0 aliphatic carbocycles. The van der Waals surface area contributed by atoms with Gasteiger partial charge in [-0.05, 0) is 24.1 Å². The molecule has 0 radical (unpaired) electrons. The molecule has 0 unspecified atom stereocenters. The van der Waals surface area contributed by atoms with E-state index in [-0.39, 0.29) is 6.04 Å². The molecule has 0 saturated carbocycles. The second kappa shape index (κ2) is 7.09. The Labute approximate surface area is 129 Å². The van der Waals surface area contributed by atoms with Gasteiger partial charge in [-0.3, -0.25) is 0 Å². The lowest BCUT2D eigenvalue weighted by atomic mass is 10.0. The van der Waals surface area contributed by atoms with Crippen molar-refractivity contribution in [2.24, 2.45) is 0 Å². The molecular formula is C16H17Cl2NO. The third kappa shape index (κ3) is 3.74. The smallest absolute Gasteiger partial charge is 0.0940 e. The lowest BCUT2D eigenvalue weighted by molar-refractivity contribution is 0.135. The molecule has 2 N–H and O–H groups in total. The molecule has 2 rings (SSSR count). The molecule has 0 heterocycles. The summed E-state index contributed by atoms with van der Waals surface area (Å²) in [7, 11) is 0. The summed E-state index contributed by atoms with van der Waals surface area (Å²) in [4.78, 5) is 0. The summed E-state index contributed by atoms with van der Waals surface area (Å²) in [6.45, 7) is 2.50. The molecule has 0 bridgehead atoms. The van der Waals surface area contributed by atoms with Crippen LogP contribution >= 0.6 is 23.2 Å². The molecule has 20 heavy (non-hydrogen) atoms. The minimum atomic E-state index is -0.561. The van der Waals surface area contributed by atoms with E-state index in [9.17, 15) is 5.11 Å². The quantitative estimate of drug-likeness (QED) is 0.867. The van der Waals surface area contributed by atoms with Gasteiger partial charge in [0.1, 0.15) is 0 Å². The number of benzene rings is 2. The highest BCUT2D eigenvalue weighted by Gasteiger charge is 2.16. The third-order valence-electron chi connectivity index (χ3n) is 3.26. The first-order valence-corrected chi connectivity index (χ1v) is 7.24. The van der Waals surface area contributed by atoms with Crippen molar-refractivity contribution in [2.45, 2.75) is 25.6 Å². The van der Waals surface area contributed by atoms with Crippen LogP contribution in [-0.4, -0.2) is 11.1 Å². The SMILES string of the molecule is C[C@@H](NCc1cccc(Cl)c1Cl)[C@H](O)c1ccccc1. The highest BCUT2D eigenvalue weighted by atomic mass is 35.5. The van der Waals surface area contributed by atoms with E-state index in [1.807, 2.05) is 49.4 Å². The second-order valence-electron chi connectivity index (χ2n) is 4.74. The van der Waals surface area contributed by atoms with Gasteiger partial charge >= 0.3 is 0 Å². The van der Waals surface area contributed by atoms with Crippen LogP contribution in [0, 0.1) is 0 Å². The number of rotatable bonds is 5. The van der Waals surface area contributed by atoms with Crippen LogP contribution in [0.5, 0.6) is 0 Å². The Kier molecular flexibility index (Phi) is 5.44. The number of nitrogens with one attached hydrogen (secondary N) is 1. The molecule has 0 amide bonds. The Morgan fingerprint density at radius 2 is 1.75 bits per heavy atom. The zero-order valence-electron chi connectivity index (χ0n) is 11.2. The molecule has 4 heteroatoms. The van der Waals surface area contributed by atoms with Gasteiger partial charge in [-0.1, -0.05) is 65.7 Å². The molecule has 0 saturated heterocycles. The van der Waals surface area contributed by atoms with Gasteiger partial charge in [-0.25, -0.2) is 0 Å². The van der Waals surface area contributed by atoms with Gasteiger partial charge in [0.05, 0.1) is 16.1 Å². The maximum atomic E-state index is 10.3. The van der Waals surface area contributed by atoms with E-state index in [1.54, 1.807) is 6.07 Å². The zero-order chi connectivity index (χ0) is 14.5. The summed E-state index contributed by atoms with van der Waals surface area (Å²) < 4.78 is 0. The first kappa shape index (κ1) is 15.3. The Bertz CT molecular complexity index is 560. The van der Waals surface area contributed by atoms with Gasteiger partial charge in [0, 0.05) is 12.6 Å². The van der Waals surface area contributed by atoms with Gasteiger partial charge in [0.25, 0.3) is 0 Å². The standard InChI is InChI=1S/C16H17Cl2NO/c1-11(16(20)12-6-3-2-4-7-12)19-10-13-8-5-9-14(17)15(13)18/h2-9,11,16,19-20H,10H2,1H3/t11-,16+/m1/s1. The van der Waals surface area contributed by atoms with Crippen LogP contribution in [0.15, 0.2) is 48.5 Å². The van der Waals surface area contributed by atoms with Gasteiger partial charge in [0.2, 0.25) is 0 Å². The van der Waals surface area contributed by atoms with Crippen LogP contribution in [0.1, 0.15) is 24.2 Å². The van der Waals surface area contributed by atoms with Crippen molar-refractivity contribution in [3.05, 3.63) is 69.7 Å². The maximum Gasteiger partial charge on any atom is 0.0940 e. The normalized spacial score (nSPS) is 14.0. The van der Waals surface area contributed by atoms with Crippen LogP contribution in [0.2, 0.25) is 10.0 Å². The topological polar surface area (TPSA) is 32.3 Å². The molecule has 0 aliphatic rings. The molecule has 0 spiro atoms. The zero-order valence-corrected chi connectivity index (χ0v) is 12.7.